The first kappa shape index (κ1) is 15.9. The number of benzene rings is 1. The molecule has 1 aliphatic rings. The van der Waals surface area contributed by atoms with Crippen LogP contribution in [-0.2, 0) is 9.53 Å². The predicted octanol–water partition coefficient (Wildman–Crippen LogP) is 3.71. The number of aromatic nitrogens is 2. The van der Waals surface area contributed by atoms with Crippen LogP contribution < -0.4 is 0 Å². The Bertz CT molecular complexity index is 744. The van der Waals surface area contributed by atoms with Gasteiger partial charge < -0.3 is 9.30 Å². The minimum absolute atomic E-state index is 0.122. The number of esters is 1. The van der Waals surface area contributed by atoms with Gasteiger partial charge >= 0.3 is 5.97 Å². The van der Waals surface area contributed by atoms with Gasteiger partial charge in [0.25, 0.3) is 0 Å². The molecule has 0 saturated heterocycles. The van der Waals surface area contributed by atoms with Gasteiger partial charge in [0.05, 0.1) is 30.4 Å². The molecule has 0 N–H and O–H groups in total. The van der Waals surface area contributed by atoms with Crippen molar-refractivity contribution in [3.8, 4) is 0 Å². The molecule has 1 saturated carbocycles. The molecule has 0 bridgehead atoms. The Balaban J connectivity index is 1.89. The Morgan fingerprint density at radius 2 is 2.04 bits per heavy atom. The number of imidazole rings is 1. The predicted molar refractivity (Wildman–Crippen MR) is 81.8 cm³/mol. The van der Waals surface area contributed by atoms with Crippen LogP contribution in [0, 0.1) is 29.4 Å². The van der Waals surface area contributed by atoms with Gasteiger partial charge in [0.1, 0.15) is 0 Å². The number of fused-ring (bicyclic) bond motifs is 1. The van der Waals surface area contributed by atoms with E-state index in [0.717, 1.165) is 18.9 Å². The van der Waals surface area contributed by atoms with Crippen molar-refractivity contribution in [2.75, 3.05) is 7.11 Å². The lowest BCUT2D eigenvalue weighted by Crippen LogP contribution is -2.24. The highest BCUT2D eigenvalue weighted by Crippen LogP contribution is 2.44. The Labute approximate surface area is 133 Å². The van der Waals surface area contributed by atoms with E-state index < -0.39 is 11.6 Å². The van der Waals surface area contributed by atoms with E-state index in [9.17, 15) is 13.6 Å². The van der Waals surface area contributed by atoms with Gasteiger partial charge in [-0.15, -0.1) is 0 Å². The number of carbonyl (C=O) groups is 1. The highest BCUT2D eigenvalue weighted by atomic mass is 19.2. The molecule has 2 aromatic rings. The maximum Gasteiger partial charge on any atom is 0.308 e. The van der Waals surface area contributed by atoms with E-state index in [-0.39, 0.29) is 23.8 Å². The third-order valence-corrected chi connectivity index (χ3v) is 5.14. The van der Waals surface area contributed by atoms with Gasteiger partial charge in [0, 0.05) is 18.2 Å². The number of halogens is 2. The van der Waals surface area contributed by atoms with Crippen molar-refractivity contribution in [2.24, 2.45) is 17.8 Å². The maximum atomic E-state index is 13.5. The van der Waals surface area contributed by atoms with E-state index >= 15 is 0 Å². The molecule has 1 fully saturated rings. The van der Waals surface area contributed by atoms with Gasteiger partial charge in [-0.2, -0.15) is 0 Å². The molecule has 1 heterocycles. The zero-order chi connectivity index (χ0) is 16.7. The van der Waals surface area contributed by atoms with Gasteiger partial charge in [-0.25, -0.2) is 13.8 Å². The lowest BCUT2D eigenvalue weighted by atomic mass is 9.86. The van der Waals surface area contributed by atoms with E-state index in [2.05, 4.69) is 11.9 Å². The fourth-order valence-corrected chi connectivity index (χ4v) is 3.85. The summed E-state index contributed by atoms with van der Waals surface area (Å²) in [6.45, 7) is 4.00. The number of ether oxygens (including phenoxy) is 1. The smallest absolute Gasteiger partial charge is 0.308 e. The minimum Gasteiger partial charge on any atom is -0.469 e. The van der Waals surface area contributed by atoms with Crippen molar-refractivity contribution in [1.29, 1.82) is 0 Å². The van der Waals surface area contributed by atoms with Gasteiger partial charge in [-0.1, -0.05) is 13.8 Å². The molecule has 1 aliphatic carbocycles. The molecule has 0 aliphatic heterocycles. The van der Waals surface area contributed by atoms with Crippen molar-refractivity contribution in [3.05, 3.63) is 30.1 Å². The van der Waals surface area contributed by atoms with E-state index in [0.29, 0.717) is 17.0 Å². The molecule has 6 heteroatoms. The van der Waals surface area contributed by atoms with Gasteiger partial charge in [0.2, 0.25) is 0 Å². The number of carbonyl (C=O) groups excluding carboxylic acids is 1. The largest absolute Gasteiger partial charge is 0.469 e. The molecule has 0 amide bonds. The molecule has 0 radical (unpaired) electrons. The summed E-state index contributed by atoms with van der Waals surface area (Å²) in [7, 11) is 1.40. The van der Waals surface area contributed by atoms with Crippen molar-refractivity contribution < 1.29 is 18.3 Å². The zero-order valence-electron chi connectivity index (χ0n) is 13.4. The van der Waals surface area contributed by atoms with Crippen LogP contribution in [0.5, 0.6) is 0 Å². The summed E-state index contributed by atoms with van der Waals surface area (Å²) in [4.78, 5) is 16.0. The highest BCUT2D eigenvalue weighted by Gasteiger charge is 2.38. The molecule has 4 nitrogen and oxygen atoms in total. The molecular formula is C17H20F2N2O2. The lowest BCUT2D eigenvalue weighted by Gasteiger charge is -2.20. The second-order valence-electron chi connectivity index (χ2n) is 6.49. The summed E-state index contributed by atoms with van der Waals surface area (Å²) in [5, 5.41) is 0. The summed E-state index contributed by atoms with van der Waals surface area (Å²) < 4.78 is 33.6. The number of methoxy groups -OCH3 is 1. The second-order valence-corrected chi connectivity index (χ2v) is 6.49. The SMILES string of the molecule is COC(=O)C(C)C1CC(n2cnc3cc(F)c(F)cc32)CC1C. The van der Waals surface area contributed by atoms with Crippen LogP contribution in [0.3, 0.4) is 0 Å². The minimum atomic E-state index is -0.889. The summed E-state index contributed by atoms with van der Waals surface area (Å²) in [6, 6.07) is 2.44. The standard InChI is InChI=1S/C17H20F2N2O2/c1-9-4-11(5-12(9)10(2)17(22)23-3)21-8-20-15-6-13(18)14(19)7-16(15)21/h6-12H,4-5H2,1-3H3. The Morgan fingerprint density at radius 1 is 1.35 bits per heavy atom. The molecule has 1 aromatic heterocycles. The lowest BCUT2D eigenvalue weighted by molar-refractivity contribution is -0.147. The fraction of sp³-hybridized carbons (Fsp3) is 0.529. The van der Waals surface area contributed by atoms with Crippen LogP contribution in [0.1, 0.15) is 32.7 Å². The first-order valence-electron chi connectivity index (χ1n) is 7.81. The van der Waals surface area contributed by atoms with Crippen LogP contribution in [-0.4, -0.2) is 22.6 Å². The van der Waals surface area contributed by atoms with E-state index in [1.165, 1.54) is 13.2 Å². The number of nitrogens with zero attached hydrogens (tertiary/aromatic N) is 2. The summed E-state index contributed by atoms with van der Waals surface area (Å²) in [5.74, 6) is -1.59. The fourth-order valence-electron chi connectivity index (χ4n) is 3.85. The Kier molecular flexibility index (Phi) is 4.08. The average molecular weight is 322 g/mol. The van der Waals surface area contributed by atoms with Crippen LogP contribution >= 0.6 is 0 Å². The van der Waals surface area contributed by atoms with E-state index in [4.69, 9.17) is 4.74 Å². The molecule has 4 unspecified atom stereocenters. The Morgan fingerprint density at radius 3 is 2.74 bits per heavy atom. The number of hydrogen-bond acceptors (Lipinski definition) is 3. The monoisotopic (exact) mass is 322 g/mol. The van der Waals surface area contributed by atoms with Crippen molar-refractivity contribution in [3.63, 3.8) is 0 Å². The second kappa shape index (κ2) is 5.91. The molecular weight excluding hydrogens is 302 g/mol. The number of rotatable bonds is 3. The summed E-state index contributed by atoms with van der Waals surface area (Å²) in [5.41, 5.74) is 1.04. The molecule has 3 rings (SSSR count). The highest BCUT2D eigenvalue weighted by molar-refractivity contribution is 5.75. The Hall–Kier alpha value is -1.98. The number of hydrogen-bond donors (Lipinski definition) is 0. The first-order chi connectivity index (χ1) is 10.9. The molecule has 23 heavy (non-hydrogen) atoms. The zero-order valence-corrected chi connectivity index (χ0v) is 13.4. The third-order valence-electron chi connectivity index (χ3n) is 5.14. The van der Waals surface area contributed by atoms with Gasteiger partial charge in [-0.3, -0.25) is 4.79 Å². The van der Waals surface area contributed by atoms with Gasteiger partial charge in [0.15, 0.2) is 11.6 Å². The van der Waals surface area contributed by atoms with Crippen LogP contribution in [0.4, 0.5) is 8.78 Å². The van der Waals surface area contributed by atoms with Crippen molar-refractivity contribution >= 4 is 17.0 Å². The van der Waals surface area contributed by atoms with Crippen LogP contribution in [0.25, 0.3) is 11.0 Å². The topological polar surface area (TPSA) is 44.1 Å². The normalized spacial score (nSPS) is 25.7. The maximum absolute atomic E-state index is 13.5. The third kappa shape index (κ3) is 2.71. The van der Waals surface area contributed by atoms with E-state index in [1.807, 2.05) is 11.5 Å². The van der Waals surface area contributed by atoms with Gasteiger partial charge in [-0.05, 0) is 24.7 Å². The van der Waals surface area contributed by atoms with Crippen molar-refractivity contribution in [2.45, 2.75) is 32.7 Å². The van der Waals surface area contributed by atoms with Crippen molar-refractivity contribution in [1.82, 2.24) is 9.55 Å². The quantitative estimate of drug-likeness (QED) is 0.809. The van der Waals surface area contributed by atoms with Crippen LogP contribution in [0.2, 0.25) is 0 Å². The molecule has 4 atom stereocenters. The van der Waals surface area contributed by atoms with E-state index in [1.54, 1.807) is 6.33 Å². The molecule has 1 aromatic carbocycles. The average Bonchev–Trinajstić information content (AvgIpc) is 3.09. The summed E-state index contributed by atoms with van der Waals surface area (Å²) in [6.07, 6.45) is 3.30. The summed E-state index contributed by atoms with van der Waals surface area (Å²) >= 11 is 0. The first-order valence-corrected chi connectivity index (χ1v) is 7.81. The molecule has 124 valence electrons. The molecule has 0 spiro atoms. The van der Waals surface area contributed by atoms with Crippen LogP contribution in [0.15, 0.2) is 18.5 Å².